The predicted octanol–water partition coefficient (Wildman–Crippen LogP) is 5.45. The molecule has 2 amide bonds. The Labute approximate surface area is 276 Å². The van der Waals surface area contributed by atoms with Gasteiger partial charge in [-0.1, -0.05) is 34.1 Å². The first-order chi connectivity index (χ1) is 21.6. The predicted molar refractivity (Wildman–Crippen MR) is 172 cm³/mol. The van der Waals surface area contributed by atoms with Gasteiger partial charge in [-0.15, -0.1) is 0 Å². The van der Waals surface area contributed by atoms with Crippen molar-refractivity contribution in [1.82, 2.24) is 16.1 Å². The highest BCUT2D eigenvalue weighted by Crippen LogP contribution is 2.35. The Kier molecular flexibility index (Phi) is 11.8. The number of aliphatic hydroxyl groups is 1. The summed E-state index contributed by atoms with van der Waals surface area (Å²) in [6.07, 6.45) is 0.288. The van der Waals surface area contributed by atoms with Gasteiger partial charge in [0.25, 0.3) is 0 Å². The molecule has 0 spiro atoms. The molecule has 0 aliphatic carbocycles. The maximum atomic E-state index is 13.2. The molecule has 238 valence electrons. The van der Waals surface area contributed by atoms with Gasteiger partial charge in [0.1, 0.15) is 24.8 Å². The molecule has 0 saturated heterocycles. The molecule has 4 rings (SSSR count). The highest BCUT2D eigenvalue weighted by Gasteiger charge is 2.32. The second kappa shape index (κ2) is 15.7. The van der Waals surface area contributed by atoms with Crippen LogP contribution in [0.3, 0.4) is 0 Å². The molecule has 14 heteroatoms. The van der Waals surface area contributed by atoms with Gasteiger partial charge in [-0.05, 0) is 77.3 Å². The smallest absolute Gasteiger partial charge is 0.337 e. The molecule has 3 aromatic carbocycles. The number of carbonyl (C=O) groups is 2. The summed E-state index contributed by atoms with van der Waals surface area (Å²) < 4.78 is 37.1. The lowest BCUT2D eigenvalue weighted by Crippen LogP contribution is -2.45. The molecule has 0 unspecified atom stereocenters. The topological polar surface area (TPSA) is 140 Å². The van der Waals surface area contributed by atoms with Gasteiger partial charge in [0.05, 0.1) is 36.0 Å². The quantitative estimate of drug-likeness (QED) is 0.0784. The average Bonchev–Trinajstić information content (AvgIpc) is 3.00. The summed E-state index contributed by atoms with van der Waals surface area (Å²) in [7, 11) is 1.27. The van der Waals surface area contributed by atoms with Gasteiger partial charge in [0.2, 0.25) is 0 Å². The second-order valence-electron chi connectivity index (χ2n) is 9.64. The van der Waals surface area contributed by atoms with Crippen LogP contribution in [-0.2, 0) is 16.1 Å². The van der Waals surface area contributed by atoms with Crippen LogP contribution in [0.25, 0.3) is 0 Å². The minimum Gasteiger partial charge on any atom is -0.490 e. The van der Waals surface area contributed by atoms with Crippen molar-refractivity contribution in [3.8, 4) is 17.2 Å². The largest absolute Gasteiger partial charge is 0.490 e. The van der Waals surface area contributed by atoms with Crippen LogP contribution >= 0.6 is 31.9 Å². The number of halogens is 3. The number of methoxy groups -OCH3 is 1. The van der Waals surface area contributed by atoms with Gasteiger partial charge in [-0.3, -0.25) is 5.43 Å². The molecule has 4 N–H and O–H groups in total. The van der Waals surface area contributed by atoms with Gasteiger partial charge in [0, 0.05) is 15.7 Å². The van der Waals surface area contributed by atoms with Gasteiger partial charge in [0.15, 0.2) is 17.7 Å². The van der Waals surface area contributed by atoms with Gasteiger partial charge in [-0.2, -0.15) is 5.10 Å². The number of carbonyl (C=O) groups excluding carboxylic acids is 2. The number of benzene rings is 3. The number of esters is 1. The van der Waals surface area contributed by atoms with E-state index in [4.69, 9.17) is 18.9 Å². The highest BCUT2D eigenvalue weighted by molar-refractivity contribution is 9.11. The summed E-state index contributed by atoms with van der Waals surface area (Å²) in [5.41, 5.74) is 5.22. The van der Waals surface area contributed by atoms with Crippen LogP contribution in [0.4, 0.5) is 9.18 Å². The number of aliphatic hydroxyl groups excluding tert-OH is 1. The molecule has 0 bridgehead atoms. The van der Waals surface area contributed by atoms with Crippen LogP contribution in [0.15, 0.2) is 79.9 Å². The number of amides is 2. The number of nitrogens with zero attached hydrogens (tertiary/aromatic N) is 1. The average molecular weight is 750 g/mol. The summed E-state index contributed by atoms with van der Waals surface area (Å²) in [6, 6.07) is 13.4. The third-order valence-corrected chi connectivity index (χ3v) is 7.48. The third kappa shape index (κ3) is 8.96. The maximum Gasteiger partial charge on any atom is 0.337 e. The molecule has 11 nitrogen and oxygen atoms in total. The van der Waals surface area contributed by atoms with E-state index in [0.29, 0.717) is 45.2 Å². The van der Waals surface area contributed by atoms with Gasteiger partial charge >= 0.3 is 12.0 Å². The Balaban J connectivity index is 1.42. The number of hydrogen-bond donors (Lipinski definition) is 4. The number of hydrazone groups is 1. The van der Waals surface area contributed by atoms with Crippen LogP contribution in [-0.4, -0.2) is 49.9 Å². The molecule has 1 heterocycles. The number of allylic oxidation sites excluding steroid dienone is 1. The summed E-state index contributed by atoms with van der Waals surface area (Å²) in [6.45, 7) is 3.75. The zero-order valence-electron chi connectivity index (χ0n) is 24.5. The Morgan fingerprint density at radius 2 is 1.87 bits per heavy atom. The van der Waals surface area contributed by atoms with E-state index in [1.54, 1.807) is 50.2 Å². The Morgan fingerprint density at radius 3 is 2.58 bits per heavy atom. The minimum atomic E-state index is -1.20. The fourth-order valence-electron chi connectivity index (χ4n) is 4.38. The molecule has 0 saturated carbocycles. The Hall–Kier alpha value is -4.14. The van der Waals surface area contributed by atoms with Crippen LogP contribution in [0.5, 0.6) is 17.2 Å². The number of nitrogens with one attached hydrogen (secondary N) is 3. The lowest BCUT2D eigenvalue weighted by molar-refractivity contribution is -0.136. The first kappa shape index (κ1) is 33.7. The van der Waals surface area contributed by atoms with Crippen molar-refractivity contribution >= 4 is 50.1 Å². The number of hydrogen-bond acceptors (Lipinski definition) is 9. The molecule has 3 aromatic rings. The van der Waals surface area contributed by atoms with Crippen LogP contribution in [0.1, 0.15) is 36.6 Å². The van der Waals surface area contributed by atoms with Crippen LogP contribution < -0.4 is 30.3 Å². The van der Waals surface area contributed by atoms with E-state index in [9.17, 15) is 19.1 Å². The molecular weight excluding hydrogens is 719 g/mol. The van der Waals surface area contributed by atoms with E-state index in [-0.39, 0.29) is 24.6 Å². The van der Waals surface area contributed by atoms with E-state index in [1.807, 2.05) is 6.07 Å². The maximum absolute atomic E-state index is 13.2. The fourth-order valence-corrected chi connectivity index (χ4v) is 5.75. The second-order valence-corrected chi connectivity index (χ2v) is 11.4. The molecule has 1 aliphatic heterocycles. The summed E-state index contributed by atoms with van der Waals surface area (Å²) in [5.74, 6) is 0.274. The van der Waals surface area contributed by atoms with Crippen LogP contribution in [0.2, 0.25) is 0 Å². The van der Waals surface area contributed by atoms with Crippen molar-refractivity contribution in [2.24, 2.45) is 5.10 Å². The van der Waals surface area contributed by atoms with Crippen molar-refractivity contribution in [2.75, 3.05) is 20.3 Å². The zero-order chi connectivity index (χ0) is 32.5. The lowest BCUT2D eigenvalue weighted by atomic mass is 9.95. The van der Waals surface area contributed by atoms with E-state index < -0.39 is 24.3 Å². The number of urea groups is 1. The van der Waals surface area contributed by atoms with Crippen molar-refractivity contribution in [3.05, 3.63) is 97.3 Å². The summed E-state index contributed by atoms with van der Waals surface area (Å²) in [4.78, 5) is 24.6. The molecule has 0 fully saturated rings. The lowest BCUT2D eigenvalue weighted by Gasteiger charge is -2.28. The zero-order valence-corrected chi connectivity index (χ0v) is 27.7. The SMILES string of the molecule is CCOc1cc([C@H]2NC(=O)NC(C)=C2C(=O)OC)ccc1OC[C@H](O)N/N=C/c1cc(Br)cc(Br)c1OCc1ccc(F)cc1. The van der Waals surface area contributed by atoms with Crippen molar-refractivity contribution in [2.45, 2.75) is 32.7 Å². The Bertz CT molecular complexity index is 1600. The van der Waals surface area contributed by atoms with Crippen molar-refractivity contribution in [1.29, 1.82) is 0 Å². The van der Waals surface area contributed by atoms with Gasteiger partial charge < -0.3 is 34.7 Å². The summed E-state index contributed by atoms with van der Waals surface area (Å²) >= 11 is 6.95. The molecule has 0 radical (unpaired) electrons. The van der Waals surface area contributed by atoms with Crippen molar-refractivity contribution in [3.63, 3.8) is 0 Å². The van der Waals surface area contributed by atoms with E-state index >= 15 is 0 Å². The van der Waals surface area contributed by atoms with Crippen LogP contribution in [0, 0.1) is 5.82 Å². The third-order valence-electron chi connectivity index (χ3n) is 6.43. The molecular formula is C31H31Br2FN4O7. The highest BCUT2D eigenvalue weighted by atomic mass is 79.9. The minimum absolute atomic E-state index is 0.191. The van der Waals surface area contributed by atoms with Gasteiger partial charge in [-0.25, -0.2) is 14.0 Å². The normalized spacial score (nSPS) is 15.3. The van der Waals surface area contributed by atoms with E-state index in [2.05, 4.69) is 53.0 Å². The molecule has 0 aromatic heterocycles. The fraction of sp³-hybridized carbons (Fsp3) is 0.258. The number of rotatable bonds is 13. The first-order valence-corrected chi connectivity index (χ1v) is 15.3. The summed E-state index contributed by atoms with van der Waals surface area (Å²) in [5, 5.41) is 20.0. The standard InChI is InChI=1S/C31H31Br2FN4O7/c1-4-43-25-12-19(28-27(30(40)42-3)17(2)36-31(41)37-28)7-10-24(25)44-16-26(39)38-35-14-20-11-21(32)13-23(33)29(20)45-15-18-5-8-22(34)9-6-18/h5-14,26,28,38-39H,4,15-16H2,1-3H3,(H2,36,37,41)/b35-14+/t26-,28+/m0/s1. The van der Waals surface area contributed by atoms with E-state index in [1.165, 1.54) is 25.5 Å². The molecule has 45 heavy (non-hydrogen) atoms. The molecule has 1 aliphatic rings. The van der Waals surface area contributed by atoms with E-state index in [0.717, 1.165) is 10.0 Å². The van der Waals surface area contributed by atoms with Crippen molar-refractivity contribution < 1.29 is 38.0 Å². The number of ether oxygens (including phenoxy) is 4. The monoisotopic (exact) mass is 748 g/mol. The molecule has 2 atom stereocenters. The Morgan fingerprint density at radius 1 is 1.11 bits per heavy atom. The first-order valence-electron chi connectivity index (χ1n) is 13.7.